The van der Waals surface area contributed by atoms with Gasteiger partial charge in [-0.2, -0.15) is 0 Å². The Labute approximate surface area is 103 Å². The van der Waals surface area contributed by atoms with Gasteiger partial charge < -0.3 is 10.2 Å². The number of nitrogens with zero attached hydrogens (tertiary/aromatic N) is 1. The Kier molecular flexibility index (Phi) is 4.96. The summed E-state index contributed by atoms with van der Waals surface area (Å²) in [5.41, 5.74) is -0.0735. The molecule has 1 atom stereocenters. The third-order valence-electron chi connectivity index (χ3n) is 2.06. The number of aromatic carboxylic acids is 1. The van der Waals surface area contributed by atoms with Crippen molar-refractivity contribution in [3.63, 3.8) is 0 Å². The molecule has 5 nitrogen and oxygen atoms in total. The molecule has 1 unspecified atom stereocenters. The highest BCUT2D eigenvalue weighted by atomic mass is 32.2. The second kappa shape index (κ2) is 6.24. The maximum absolute atomic E-state index is 11.0. The van der Waals surface area contributed by atoms with E-state index in [2.05, 4.69) is 4.98 Å². The van der Waals surface area contributed by atoms with Crippen molar-refractivity contribution in [1.82, 2.24) is 4.98 Å². The normalized spacial score (nSPS) is 12.1. The number of carboxylic acid groups (broad SMARTS) is 2. The number of carbonyl (C=O) groups is 2. The standard InChI is InChI=1S/C11H13NO4S/c1-2-3-9(11(15)16)17-7-4-5-12-8(6-7)10(13)14/h4-6,9H,2-3H2,1H3,(H,13,14)(H,15,16). The number of rotatable bonds is 6. The minimum atomic E-state index is -1.12. The van der Waals surface area contributed by atoms with E-state index in [0.29, 0.717) is 11.3 Å². The summed E-state index contributed by atoms with van der Waals surface area (Å²) >= 11 is 1.15. The van der Waals surface area contributed by atoms with Gasteiger partial charge in [-0.3, -0.25) is 4.79 Å². The van der Waals surface area contributed by atoms with Crippen molar-refractivity contribution in [2.45, 2.75) is 29.9 Å². The smallest absolute Gasteiger partial charge is 0.354 e. The summed E-state index contributed by atoms with van der Waals surface area (Å²) in [6, 6.07) is 3.00. The molecule has 0 radical (unpaired) electrons. The van der Waals surface area contributed by atoms with Gasteiger partial charge in [0.05, 0.1) is 0 Å². The average molecular weight is 255 g/mol. The van der Waals surface area contributed by atoms with E-state index in [0.717, 1.165) is 18.2 Å². The molecule has 1 rings (SSSR count). The molecule has 0 fully saturated rings. The van der Waals surface area contributed by atoms with Crippen molar-refractivity contribution in [3.8, 4) is 0 Å². The van der Waals surface area contributed by atoms with Crippen molar-refractivity contribution in [2.75, 3.05) is 0 Å². The zero-order valence-corrected chi connectivity index (χ0v) is 10.1. The van der Waals surface area contributed by atoms with Crippen LogP contribution in [-0.4, -0.2) is 32.4 Å². The lowest BCUT2D eigenvalue weighted by atomic mass is 10.2. The first-order chi connectivity index (χ1) is 8.04. The predicted octanol–water partition coefficient (Wildman–Crippen LogP) is 2.13. The molecule has 0 aromatic carbocycles. The van der Waals surface area contributed by atoms with E-state index < -0.39 is 17.2 Å². The van der Waals surface area contributed by atoms with E-state index in [1.165, 1.54) is 12.3 Å². The topological polar surface area (TPSA) is 87.5 Å². The van der Waals surface area contributed by atoms with E-state index in [1.54, 1.807) is 6.07 Å². The van der Waals surface area contributed by atoms with Crippen molar-refractivity contribution in [1.29, 1.82) is 0 Å². The first-order valence-corrected chi connectivity index (χ1v) is 6.01. The van der Waals surface area contributed by atoms with Gasteiger partial charge in [-0.25, -0.2) is 9.78 Å². The fourth-order valence-electron chi connectivity index (χ4n) is 1.26. The van der Waals surface area contributed by atoms with Gasteiger partial charge in [0.15, 0.2) is 0 Å². The summed E-state index contributed by atoms with van der Waals surface area (Å²) in [5, 5.41) is 17.2. The summed E-state index contributed by atoms with van der Waals surface area (Å²) in [6.45, 7) is 1.91. The zero-order chi connectivity index (χ0) is 12.8. The lowest BCUT2D eigenvalue weighted by Crippen LogP contribution is -2.15. The Morgan fingerprint density at radius 2 is 2.18 bits per heavy atom. The van der Waals surface area contributed by atoms with Gasteiger partial charge in [-0.1, -0.05) is 13.3 Å². The van der Waals surface area contributed by atoms with E-state index in [4.69, 9.17) is 10.2 Å². The Balaban J connectivity index is 2.82. The number of aromatic nitrogens is 1. The highest BCUT2D eigenvalue weighted by Gasteiger charge is 2.18. The Bertz CT molecular complexity index is 422. The molecule has 0 amide bonds. The molecule has 0 saturated carbocycles. The Morgan fingerprint density at radius 3 is 2.71 bits per heavy atom. The average Bonchev–Trinajstić information content (AvgIpc) is 2.28. The van der Waals surface area contributed by atoms with Crippen LogP contribution in [0.1, 0.15) is 30.3 Å². The second-order valence-electron chi connectivity index (χ2n) is 3.42. The molecule has 0 aliphatic carbocycles. The molecule has 1 aromatic heterocycles. The molecular weight excluding hydrogens is 242 g/mol. The molecule has 0 saturated heterocycles. The van der Waals surface area contributed by atoms with E-state index >= 15 is 0 Å². The zero-order valence-electron chi connectivity index (χ0n) is 9.29. The lowest BCUT2D eigenvalue weighted by Gasteiger charge is -2.10. The molecule has 1 aromatic rings. The third kappa shape index (κ3) is 4.07. The fourth-order valence-corrected chi connectivity index (χ4v) is 2.36. The molecule has 2 N–H and O–H groups in total. The maximum Gasteiger partial charge on any atom is 0.354 e. The summed E-state index contributed by atoms with van der Waals surface area (Å²) in [7, 11) is 0. The summed E-state index contributed by atoms with van der Waals surface area (Å²) < 4.78 is 0. The number of pyridine rings is 1. The van der Waals surface area contributed by atoms with Crippen molar-refractivity contribution in [3.05, 3.63) is 24.0 Å². The van der Waals surface area contributed by atoms with Crippen LogP contribution in [0.15, 0.2) is 23.2 Å². The van der Waals surface area contributed by atoms with Crippen LogP contribution < -0.4 is 0 Å². The number of hydrogen-bond donors (Lipinski definition) is 2. The van der Waals surface area contributed by atoms with Crippen molar-refractivity contribution in [2.24, 2.45) is 0 Å². The number of carboxylic acids is 2. The fraction of sp³-hybridized carbons (Fsp3) is 0.364. The van der Waals surface area contributed by atoms with Crippen LogP contribution in [0.2, 0.25) is 0 Å². The van der Waals surface area contributed by atoms with Gasteiger partial charge in [0, 0.05) is 11.1 Å². The number of aliphatic carboxylic acids is 1. The van der Waals surface area contributed by atoms with E-state index in [-0.39, 0.29) is 5.69 Å². The quantitative estimate of drug-likeness (QED) is 0.757. The van der Waals surface area contributed by atoms with Gasteiger partial charge >= 0.3 is 11.9 Å². The summed E-state index contributed by atoms with van der Waals surface area (Å²) in [6.07, 6.45) is 2.68. The monoisotopic (exact) mass is 255 g/mol. The Morgan fingerprint density at radius 1 is 1.47 bits per heavy atom. The Hall–Kier alpha value is -1.56. The van der Waals surface area contributed by atoms with Crippen molar-refractivity contribution < 1.29 is 19.8 Å². The minimum absolute atomic E-state index is 0.0735. The summed E-state index contributed by atoms with van der Waals surface area (Å²) in [5.74, 6) is -2.00. The first-order valence-electron chi connectivity index (χ1n) is 5.13. The molecule has 0 bridgehead atoms. The van der Waals surface area contributed by atoms with Gasteiger partial charge in [0.25, 0.3) is 0 Å². The molecule has 92 valence electrons. The highest BCUT2D eigenvalue weighted by molar-refractivity contribution is 8.00. The van der Waals surface area contributed by atoms with Gasteiger partial charge in [0.1, 0.15) is 10.9 Å². The number of hydrogen-bond acceptors (Lipinski definition) is 4. The van der Waals surface area contributed by atoms with Gasteiger partial charge in [0.2, 0.25) is 0 Å². The first kappa shape index (κ1) is 13.5. The molecule has 17 heavy (non-hydrogen) atoms. The molecule has 0 aliphatic heterocycles. The summed E-state index contributed by atoms with van der Waals surface area (Å²) in [4.78, 5) is 26.0. The third-order valence-corrected chi connectivity index (χ3v) is 3.30. The minimum Gasteiger partial charge on any atom is -0.480 e. The van der Waals surface area contributed by atoms with E-state index in [9.17, 15) is 9.59 Å². The second-order valence-corrected chi connectivity index (χ2v) is 4.69. The SMILES string of the molecule is CCCC(Sc1ccnc(C(=O)O)c1)C(=O)O. The van der Waals surface area contributed by atoms with Crippen LogP contribution in [0.5, 0.6) is 0 Å². The van der Waals surface area contributed by atoms with Crippen LogP contribution in [0.4, 0.5) is 0 Å². The molecule has 0 aliphatic rings. The van der Waals surface area contributed by atoms with Gasteiger partial charge in [-0.15, -0.1) is 11.8 Å². The van der Waals surface area contributed by atoms with Gasteiger partial charge in [-0.05, 0) is 18.6 Å². The number of thioether (sulfide) groups is 1. The largest absolute Gasteiger partial charge is 0.480 e. The molecule has 0 spiro atoms. The van der Waals surface area contributed by atoms with Crippen LogP contribution in [0.25, 0.3) is 0 Å². The van der Waals surface area contributed by atoms with Crippen LogP contribution in [0, 0.1) is 0 Å². The molecular formula is C11H13NO4S. The maximum atomic E-state index is 11.0. The predicted molar refractivity (Wildman–Crippen MR) is 63.4 cm³/mol. The van der Waals surface area contributed by atoms with E-state index in [1.807, 2.05) is 6.92 Å². The molecule has 6 heteroatoms. The van der Waals surface area contributed by atoms with Crippen molar-refractivity contribution >= 4 is 23.7 Å². The highest BCUT2D eigenvalue weighted by Crippen LogP contribution is 2.26. The van der Waals surface area contributed by atoms with Crippen LogP contribution in [-0.2, 0) is 4.79 Å². The molecule has 1 heterocycles. The van der Waals surface area contributed by atoms with Crippen LogP contribution in [0.3, 0.4) is 0 Å². The van der Waals surface area contributed by atoms with Crippen LogP contribution >= 0.6 is 11.8 Å². The lowest BCUT2D eigenvalue weighted by molar-refractivity contribution is -0.136.